The number of carbonyl (C=O) groups is 1. The van der Waals surface area contributed by atoms with Gasteiger partial charge in [-0.05, 0) is 31.2 Å². The van der Waals surface area contributed by atoms with Crippen LogP contribution in [0.2, 0.25) is 0 Å². The summed E-state index contributed by atoms with van der Waals surface area (Å²) in [5, 5.41) is 22.4. The smallest absolute Gasteiger partial charge is 0.408 e. The second kappa shape index (κ2) is 8.49. The number of pyridine rings is 1. The molecule has 4 aliphatic rings. The number of alkyl halides is 1. The maximum absolute atomic E-state index is 15.2. The van der Waals surface area contributed by atoms with E-state index in [1.165, 1.54) is 0 Å². The first-order valence-electron chi connectivity index (χ1n) is 12.3. The normalized spacial score (nSPS) is 27.3. The number of carbonyl (C=O) groups excluding carboxylic acids is 1. The number of fused-ring (bicyclic) bond motifs is 1. The number of alkyl carbamates (subject to hydrolysis) is 1. The molecule has 0 spiro atoms. The summed E-state index contributed by atoms with van der Waals surface area (Å²) in [4.78, 5) is 25.3. The molecule has 1 saturated heterocycles. The Hall–Kier alpha value is -4.57. The first-order chi connectivity index (χ1) is 18.5. The highest BCUT2D eigenvalue weighted by Crippen LogP contribution is 2.57. The van der Waals surface area contributed by atoms with E-state index < -0.39 is 24.5 Å². The van der Waals surface area contributed by atoms with Crippen molar-refractivity contribution in [2.45, 2.75) is 43.2 Å². The van der Waals surface area contributed by atoms with Gasteiger partial charge in [-0.1, -0.05) is 6.07 Å². The summed E-state index contributed by atoms with van der Waals surface area (Å²) in [6.07, 6.45) is 5.33. The lowest BCUT2D eigenvalue weighted by Crippen LogP contribution is -2.68. The molecule has 192 valence electrons. The second-order valence-electron chi connectivity index (χ2n) is 10.0. The Labute approximate surface area is 215 Å². The third kappa shape index (κ3) is 3.72. The van der Waals surface area contributed by atoms with Gasteiger partial charge >= 0.3 is 6.09 Å². The molecule has 3 aliphatic carbocycles. The van der Waals surface area contributed by atoms with Gasteiger partial charge in [-0.15, -0.1) is 0 Å². The lowest BCUT2D eigenvalue weighted by Gasteiger charge is -2.61. The minimum Gasteiger partial charge on any atom is -0.441 e. The molecule has 5 heterocycles. The molecule has 0 radical (unpaired) electrons. The number of nitriles is 1. The number of aromatic nitrogens is 6. The van der Waals surface area contributed by atoms with E-state index in [1.54, 1.807) is 41.3 Å². The summed E-state index contributed by atoms with van der Waals surface area (Å²) in [5.74, 6) is 1.42. The van der Waals surface area contributed by atoms with E-state index in [1.807, 2.05) is 12.1 Å². The molecule has 3 saturated carbocycles. The maximum atomic E-state index is 15.2. The summed E-state index contributed by atoms with van der Waals surface area (Å²) < 4.78 is 27.8. The molecule has 8 rings (SSSR count). The highest BCUT2D eigenvalue weighted by Gasteiger charge is 2.58. The van der Waals surface area contributed by atoms with E-state index in [0.29, 0.717) is 34.6 Å². The van der Waals surface area contributed by atoms with Gasteiger partial charge in [0.05, 0.1) is 18.5 Å². The van der Waals surface area contributed by atoms with Crippen LogP contribution in [-0.4, -0.2) is 60.1 Å². The first-order valence-corrected chi connectivity index (χ1v) is 12.3. The topological polar surface area (TPSA) is 155 Å². The third-order valence-corrected chi connectivity index (χ3v) is 7.47. The number of amides is 1. The van der Waals surface area contributed by atoms with E-state index in [0.717, 1.165) is 24.8 Å². The summed E-state index contributed by atoms with van der Waals surface area (Å²) >= 11 is 0. The number of ether oxygens (including phenoxy) is 2. The van der Waals surface area contributed by atoms with Crippen molar-refractivity contribution in [1.82, 2.24) is 34.9 Å². The van der Waals surface area contributed by atoms with Crippen molar-refractivity contribution in [2.24, 2.45) is 5.92 Å². The van der Waals surface area contributed by atoms with Crippen molar-refractivity contribution >= 4 is 23.5 Å². The lowest BCUT2D eigenvalue weighted by molar-refractivity contribution is -0.0528. The van der Waals surface area contributed by atoms with Gasteiger partial charge in [-0.3, -0.25) is 14.5 Å². The van der Waals surface area contributed by atoms with E-state index >= 15 is 4.39 Å². The van der Waals surface area contributed by atoms with Gasteiger partial charge in [0.15, 0.2) is 29.4 Å². The number of H-pyrrole nitrogens is 1. The van der Waals surface area contributed by atoms with Crippen molar-refractivity contribution in [3.8, 4) is 17.2 Å². The molecule has 1 aliphatic heterocycles. The van der Waals surface area contributed by atoms with Crippen molar-refractivity contribution < 1.29 is 18.7 Å². The number of imidazole rings is 1. The van der Waals surface area contributed by atoms with Gasteiger partial charge in [0.2, 0.25) is 5.95 Å². The number of hydrogen-bond acceptors (Lipinski definition) is 9. The van der Waals surface area contributed by atoms with Crippen LogP contribution >= 0.6 is 0 Å². The standard InChI is InChI=1S/C25H22FN9O3/c26-20-18(38-24(36)32-25-5-13(6-25)7-25)12-37-21(20)17-4-19(34-33-17)31-23-29-10-16(14-2-1-3-28-9-14)22-30-15(8-27)11-35(22)23/h1-4,9-11,13,18,20-21H,5-7,12H2,(H,32,36)(H2,29,31,33,34)/t13?,18-,20-,21-,25?/m1/s1. The molecular formula is C25H22FN9O3. The van der Waals surface area contributed by atoms with Crippen LogP contribution in [0.3, 0.4) is 0 Å². The average molecular weight is 516 g/mol. The minimum absolute atomic E-state index is 0.0549. The fourth-order valence-corrected chi connectivity index (χ4v) is 5.46. The number of hydrogen-bond donors (Lipinski definition) is 3. The zero-order valence-corrected chi connectivity index (χ0v) is 20.0. The fraction of sp³-hybridized carbons (Fsp3) is 0.360. The third-order valence-electron chi connectivity index (χ3n) is 7.47. The van der Waals surface area contributed by atoms with Gasteiger partial charge in [0.25, 0.3) is 0 Å². The van der Waals surface area contributed by atoms with Gasteiger partial charge in [-0.2, -0.15) is 10.4 Å². The summed E-state index contributed by atoms with van der Waals surface area (Å²) in [5.41, 5.74) is 2.49. The van der Waals surface area contributed by atoms with Crippen molar-refractivity contribution in [3.05, 3.63) is 54.4 Å². The number of nitrogens with zero attached hydrogens (tertiary/aromatic N) is 6. The maximum Gasteiger partial charge on any atom is 0.408 e. The van der Waals surface area contributed by atoms with Gasteiger partial charge in [-0.25, -0.2) is 19.2 Å². The Bertz CT molecular complexity index is 1560. The monoisotopic (exact) mass is 515 g/mol. The minimum atomic E-state index is -1.56. The van der Waals surface area contributed by atoms with E-state index in [-0.39, 0.29) is 17.8 Å². The zero-order valence-electron chi connectivity index (χ0n) is 20.0. The highest BCUT2D eigenvalue weighted by molar-refractivity contribution is 5.78. The summed E-state index contributed by atoms with van der Waals surface area (Å²) in [6, 6.07) is 7.33. The van der Waals surface area contributed by atoms with Gasteiger partial charge in [0, 0.05) is 41.3 Å². The predicted octanol–water partition coefficient (Wildman–Crippen LogP) is 3.19. The highest BCUT2D eigenvalue weighted by atomic mass is 19.1. The average Bonchev–Trinajstić information content (AvgIpc) is 3.61. The summed E-state index contributed by atoms with van der Waals surface area (Å²) in [7, 11) is 0. The number of rotatable bonds is 6. The molecule has 0 unspecified atom stereocenters. The quantitative estimate of drug-likeness (QED) is 0.351. The number of aromatic amines is 1. The molecule has 3 atom stereocenters. The van der Waals surface area contributed by atoms with E-state index in [2.05, 4.69) is 35.8 Å². The number of nitrogens with one attached hydrogen (secondary N) is 3. The zero-order chi connectivity index (χ0) is 25.9. The van der Waals surface area contributed by atoms with Crippen LogP contribution in [0.4, 0.5) is 21.0 Å². The van der Waals surface area contributed by atoms with Crippen molar-refractivity contribution in [2.75, 3.05) is 11.9 Å². The molecular weight excluding hydrogens is 493 g/mol. The molecule has 3 N–H and O–H groups in total. The molecule has 4 aromatic rings. The Morgan fingerprint density at radius 1 is 1.34 bits per heavy atom. The van der Waals surface area contributed by atoms with Crippen molar-refractivity contribution in [3.63, 3.8) is 0 Å². The van der Waals surface area contributed by atoms with Crippen molar-refractivity contribution in [1.29, 1.82) is 5.26 Å². The van der Waals surface area contributed by atoms with Crippen LogP contribution < -0.4 is 10.6 Å². The van der Waals surface area contributed by atoms with Crippen LogP contribution in [0, 0.1) is 17.2 Å². The lowest BCUT2D eigenvalue weighted by atomic mass is 9.50. The Kier molecular flexibility index (Phi) is 5.05. The van der Waals surface area contributed by atoms with E-state index in [9.17, 15) is 10.1 Å². The molecule has 2 bridgehead atoms. The van der Waals surface area contributed by atoms with Crippen LogP contribution in [0.15, 0.2) is 43.0 Å². The van der Waals surface area contributed by atoms with E-state index in [4.69, 9.17) is 9.47 Å². The predicted molar refractivity (Wildman–Crippen MR) is 130 cm³/mol. The van der Waals surface area contributed by atoms with Gasteiger partial charge < -0.3 is 20.1 Å². The molecule has 4 fully saturated rings. The Balaban J connectivity index is 1.07. The summed E-state index contributed by atoms with van der Waals surface area (Å²) in [6.45, 7) is -0.0549. The molecule has 12 nitrogen and oxygen atoms in total. The molecule has 38 heavy (non-hydrogen) atoms. The second-order valence-corrected chi connectivity index (χ2v) is 10.0. The van der Waals surface area contributed by atoms with Crippen LogP contribution in [0.5, 0.6) is 0 Å². The molecule has 4 aromatic heterocycles. The molecule has 0 aromatic carbocycles. The van der Waals surface area contributed by atoms with Crippen LogP contribution in [0.25, 0.3) is 16.8 Å². The van der Waals surface area contributed by atoms with Gasteiger partial charge in [0.1, 0.15) is 12.2 Å². The first kappa shape index (κ1) is 22.6. The fourth-order valence-electron chi connectivity index (χ4n) is 5.46. The SMILES string of the molecule is N#Cc1cn2c(Nc3cc([C@H]4OC[C@@H](OC(=O)NC56CC(C5)C6)[C@H]4F)[nH]n3)ncc(-c3cccnc3)c2n1. The Morgan fingerprint density at radius 2 is 2.21 bits per heavy atom. The molecule has 1 amide bonds. The van der Waals surface area contributed by atoms with Crippen LogP contribution in [0.1, 0.15) is 36.8 Å². The number of anilines is 2. The Morgan fingerprint density at radius 3 is 2.95 bits per heavy atom. The van der Waals surface area contributed by atoms with Crippen LogP contribution in [-0.2, 0) is 9.47 Å². The molecule has 13 heteroatoms. The number of halogens is 1. The largest absolute Gasteiger partial charge is 0.441 e.